The van der Waals surface area contributed by atoms with Gasteiger partial charge in [0.2, 0.25) is 11.8 Å². The molecule has 3 aliphatic rings. The number of nitrogens with one attached hydrogen (secondary N) is 1. The molecule has 4 atom stereocenters. The molecule has 2 fully saturated rings. The molecule has 2 N–H and O–H groups in total. The van der Waals surface area contributed by atoms with E-state index in [1.165, 1.54) is 12.0 Å². The van der Waals surface area contributed by atoms with E-state index in [1.54, 1.807) is 18.1 Å². The third-order valence-corrected chi connectivity index (χ3v) is 9.25. The summed E-state index contributed by atoms with van der Waals surface area (Å²) in [4.78, 5) is 52.9. The number of hydrogen-bond donors (Lipinski definition) is 2. The van der Waals surface area contributed by atoms with Gasteiger partial charge >= 0.3 is 18.0 Å². The predicted octanol–water partition coefficient (Wildman–Crippen LogP) is 4.69. The molecule has 48 heavy (non-hydrogen) atoms. The number of carboxylic acid groups (broad SMARTS) is 1. The van der Waals surface area contributed by atoms with Gasteiger partial charge < -0.3 is 34.4 Å². The van der Waals surface area contributed by atoms with Crippen molar-refractivity contribution >= 4 is 17.9 Å². The first-order valence-corrected chi connectivity index (χ1v) is 16.4. The monoisotopic (exact) mass is 655 g/mol. The first kappa shape index (κ1) is 32.8. The Morgan fingerprint density at radius 2 is 1.81 bits per heavy atom. The van der Waals surface area contributed by atoms with Crippen molar-refractivity contribution < 1.29 is 33.7 Å². The van der Waals surface area contributed by atoms with Crippen molar-refractivity contribution in [3.8, 4) is 28.9 Å². The van der Waals surface area contributed by atoms with E-state index in [9.17, 15) is 19.5 Å². The number of carboxylic acids is 1. The standard InChI is InChI=1S/C36H41N5O7/c1-46-27-16-14-24(15-17-27)22-40-18-10-5-3-4-9-13-26-21-36(26,33(43)44)39-32(42)30-19-28(23-41(30)35(40)45)48-31-20-29(37-34(38-31)47-2)25-11-7-6-8-12-25/h6-9,11-17,20,26,28,30H,3-5,10,18-19,21-23H2,1-2H3,(H,39,42)(H,43,44)/b13-9-/t26-,28+,30-,36+/m0/s1. The summed E-state index contributed by atoms with van der Waals surface area (Å²) in [6.45, 7) is 0.937. The summed E-state index contributed by atoms with van der Waals surface area (Å²) in [7, 11) is 3.08. The Morgan fingerprint density at radius 1 is 1.02 bits per heavy atom. The number of allylic oxidation sites excluding steroid dienone is 1. The van der Waals surface area contributed by atoms with Gasteiger partial charge in [-0.15, -0.1) is 0 Å². The number of hydrogen-bond acceptors (Lipinski definition) is 8. The lowest BCUT2D eigenvalue weighted by Crippen LogP contribution is -2.55. The van der Waals surface area contributed by atoms with Crippen LogP contribution in [0.25, 0.3) is 11.3 Å². The van der Waals surface area contributed by atoms with E-state index < -0.39 is 29.6 Å². The Hall–Kier alpha value is -5.13. The topological polar surface area (TPSA) is 143 Å². The lowest BCUT2D eigenvalue weighted by atomic mass is 10.1. The highest BCUT2D eigenvalue weighted by atomic mass is 16.5. The predicted molar refractivity (Wildman–Crippen MR) is 177 cm³/mol. The molecule has 0 unspecified atom stereocenters. The molecule has 6 rings (SSSR count). The molecule has 3 heterocycles. The first-order chi connectivity index (χ1) is 23.3. The second-order valence-corrected chi connectivity index (χ2v) is 12.5. The molecule has 1 aromatic heterocycles. The number of aromatic nitrogens is 2. The number of benzene rings is 2. The van der Waals surface area contributed by atoms with Gasteiger partial charge in [-0.3, -0.25) is 4.79 Å². The number of ether oxygens (including phenoxy) is 3. The van der Waals surface area contributed by atoms with E-state index in [1.807, 2.05) is 66.7 Å². The minimum Gasteiger partial charge on any atom is -0.497 e. The van der Waals surface area contributed by atoms with Crippen molar-refractivity contribution in [1.82, 2.24) is 25.1 Å². The molecule has 2 aliphatic heterocycles. The average molecular weight is 656 g/mol. The zero-order chi connectivity index (χ0) is 33.7. The van der Waals surface area contributed by atoms with Gasteiger partial charge in [-0.05, 0) is 43.4 Å². The van der Waals surface area contributed by atoms with Gasteiger partial charge in [0, 0.05) is 37.1 Å². The van der Waals surface area contributed by atoms with E-state index >= 15 is 0 Å². The van der Waals surface area contributed by atoms with Gasteiger partial charge in [-0.25, -0.2) is 9.59 Å². The van der Waals surface area contributed by atoms with E-state index in [0.29, 0.717) is 31.0 Å². The van der Waals surface area contributed by atoms with Crippen molar-refractivity contribution in [2.24, 2.45) is 5.92 Å². The normalized spacial score (nSPS) is 25.1. The lowest BCUT2D eigenvalue weighted by Gasteiger charge is -2.32. The zero-order valence-electron chi connectivity index (χ0n) is 27.2. The van der Waals surface area contributed by atoms with Crippen LogP contribution in [0, 0.1) is 5.92 Å². The van der Waals surface area contributed by atoms with Crippen LogP contribution < -0.4 is 19.5 Å². The van der Waals surface area contributed by atoms with Crippen LogP contribution in [0.3, 0.4) is 0 Å². The van der Waals surface area contributed by atoms with E-state index in [0.717, 1.165) is 36.8 Å². The molecule has 1 aliphatic carbocycles. The van der Waals surface area contributed by atoms with Crippen molar-refractivity contribution in [3.63, 3.8) is 0 Å². The average Bonchev–Trinajstić information content (AvgIpc) is 3.64. The fourth-order valence-electron chi connectivity index (χ4n) is 6.47. The molecule has 252 valence electrons. The molecule has 0 radical (unpaired) electrons. The first-order valence-electron chi connectivity index (χ1n) is 16.4. The summed E-state index contributed by atoms with van der Waals surface area (Å²) in [5.41, 5.74) is 0.971. The zero-order valence-corrected chi connectivity index (χ0v) is 27.2. The summed E-state index contributed by atoms with van der Waals surface area (Å²) in [5.74, 6) is -0.948. The summed E-state index contributed by atoms with van der Waals surface area (Å²) in [6, 6.07) is 17.6. The van der Waals surface area contributed by atoms with Gasteiger partial charge in [0.15, 0.2) is 0 Å². The maximum atomic E-state index is 14.4. The third kappa shape index (κ3) is 7.22. The SMILES string of the molecule is COc1ccc(CN2CCCCC/C=C\[C@H]3C[C@@]3(C(=O)O)NC(=O)[C@@H]3C[C@@H](Oc4cc(-c5ccccc5)nc(OC)n4)CN3C2=O)cc1. The van der Waals surface area contributed by atoms with Gasteiger partial charge in [0.1, 0.15) is 23.4 Å². The molecule has 3 aromatic rings. The van der Waals surface area contributed by atoms with E-state index in [-0.39, 0.29) is 36.8 Å². The molecule has 12 heteroatoms. The molecular weight excluding hydrogens is 614 g/mol. The molecule has 1 saturated carbocycles. The molecule has 12 nitrogen and oxygen atoms in total. The maximum Gasteiger partial charge on any atom is 0.330 e. The van der Waals surface area contributed by atoms with Crippen LogP contribution in [0.2, 0.25) is 0 Å². The fraction of sp³-hybridized carbons (Fsp3) is 0.417. The number of carbonyl (C=O) groups excluding carboxylic acids is 2. The van der Waals surface area contributed by atoms with Gasteiger partial charge in [0.05, 0.1) is 26.5 Å². The van der Waals surface area contributed by atoms with Gasteiger partial charge in [0.25, 0.3) is 0 Å². The second kappa shape index (κ2) is 14.3. The quantitative estimate of drug-likeness (QED) is 0.330. The maximum absolute atomic E-state index is 14.4. The summed E-state index contributed by atoms with van der Waals surface area (Å²) in [6.07, 6.45) is 7.16. The Bertz CT molecular complexity index is 1650. The van der Waals surface area contributed by atoms with Crippen LogP contribution in [0.15, 0.2) is 72.8 Å². The molecule has 0 bridgehead atoms. The number of fused-ring (bicyclic) bond motifs is 2. The number of nitrogens with zero attached hydrogens (tertiary/aromatic N) is 4. The fourth-order valence-corrected chi connectivity index (χ4v) is 6.47. The highest BCUT2D eigenvalue weighted by molar-refractivity contribution is 5.94. The largest absolute Gasteiger partial charge is 0.497 e. The minimum absolute atomic E-state index is 0.104. The second-order valence-electron chi connectivity index (χ2n) is 12.5. The van der Waals surface area contributed by atoms with E-state index in [4.69, 9.17) is 14.2 Å². The summed E-state index contributed by atoms with van der Waals surface area (Å²) < 4.78 is 17.0. The highest BCUT2D eigenvalue weighted by Gasteiger charge is 2.61. The highest BCUT2D eigenvalue weighted by Crippen LogP contribution is 2.45. The molecule has 0 spiro atoms. The number of carbonyl (C=O) groups is 3. The Labute approximate surface area is 279 Å². The van der Waals surface area contributed by atoms with Crippen LogP contribution in [0.5, 0.6) is 17.6 Å². The van der Waals surface area contributed by atoms with Crippen LogP contribution in [-0.2, 0) is 16.1 Å². The van der Waals surface area contributed by atoms with Crippen molar-refractivity contribution in [3.05, 3.63) is 78.4 Å². The third-order valence-electron chi connectivity index (χ3n) is 9.25. The van der Waals surface area contributed by atoms with Crippen molar-refractivity contribution in [2.75, 3.05) is 27.3 Å². The number of urea groups is 1. The molecular formula is C36H41N5O7. The van der Waals surface area contributed by atoms with Crippen LogP contribution in [-0.4, -0.2) is 87.8 Å². The summed E-state index contributed by atoms with van der Waals surface area (Å²) in [5, 5.41) is 13.0. The van der Waals surface area contributed by atoms with E-state index in [2.05, 4.69) is 15.3 Å². The summed E-state index contributed by atoms with van der Waals surface area (Å²) >= 11 is 0. The molecule has 1 saturated heterocycles. The number of amides is 3. The van der Waals surface area contributed by atoms with Crippen molar-refractivity contribution in [1.29, 1.82) is 0 Å². The molecule has 3 amide bonds. The number of methoxy groups -OCH3 is 2. The van der Waals surface area contributed by atoms with Gasteiger partial charge in [-0.1, -0.05) is 61.0 Å². The number of aliphatic carboxylic acids is 1. The lowest BCUT2D eigenvalue weighted by molar-refractivity contribution is -0.144. The Morgan fingerprint density at radius 3 is 2.54 bits per heavy atom. The molecule has 2 aromatic carbocycles. The Balaban J connectivity index is 1.30. The number of rotatable bonds is 8. The van der Waals surface area contributed by atoms with Crippen LogP contribution >= 0.6 is 0 Å². The minimum atomic E-state index is -1.39. The van der Waals surface area contributed by atoms with Crippen LogP contribution in [0.1, 0.15) is 44.1 Å². The van der Waals surface area contributed by atoms with Gasteiger partial charge in [-0.2, -0.15) is 9.97 Å². The van der Waals surface area contributed by atoms with Crippen LogP contribution in [0.4, 0.5) is 4.79 Å². The van der Waals surface area contributed by atoms with Crippen molar-refractivity contribution in [2.45, 2.75) is 62.8 Å². The Kier molecular flexibility index (Phi) is 9.79. The smallest absolute Gasteiger partial charge is 0.330 e.